The Labute approximate surface area is 193 Å². The van der Waals surface area contributed by atoms with Crippen molar-refractivity contribution in [2.45, 2.75) is 43.9 Å². The largest absolute Gasteiger partial charge is 0.462 e. The molecule has 2 aromatic carbocycles. The van der Waals surface area contributed by atoms with Gasteiger partial charge in [-0.15, -0.1) is 11.8 Å². The van der Waals surface area contributed by atoms with E-state index in [0.29, 0.717) is 29.3 Å². The zero-order valence-electron chi connectivity index (χ0n) is 18.4. The highest BCUT2D eigenvalue weighted by Crippen LogP contribution is 2.25. The van der Waals surface area contributed by atoms with Crippen LogP contribution in [-0.2, 0) is 9.53 Å². The highest BCUT2D eigenvalue weighted by Gasteiger charge is 2.16. The van der Waals surface area contributed by atoms with Crippen molar-refractivity contribution in [1.82, 2.24) is 5.32 Å². The molecule has 0 unspecified atom stereocenters. The number of rotatable bonds is 9. The van der Waals surface area contributed by atoms with E-state index in [1.54, 1.807) is 43.3 Å². The Hall–Kier alpha value is -2.80. The van der Waals surface area contributed by atoms with Crippen LogP contribution >= 0.6 is 11.8 Å². The fraction of sp³-hybridized carbons (Fsp3) is 0.400. The molecule has 1 fully saturated rings. The SMILES string of the molecule is CCOC(=O)c1ccc(NC(=O)c2ccccc2SCC(=O)NCC2CCCCC2)cc1. The molecule has 0 aromatic heterocycles. The number of amides is 2. The van der Waals surface area contributed by atoms with Gasteiger partial charge < -0.3 is 15.4 Å². The van der Waals surface area contributed by atoms with Gasteiger partial charge in [-0.1, -0.05) is 31.4 Å². The molecule has 0 saturated heterocycles. The summed E-state index contributed by atoms with van der Waals surface area (Å²) in [6.07, 6.45) is 6.19. The van der Waals surface area contributed by atoms with Gasteiger partial charge in [0.25, 0.3) is 5.91 Å². The van der Waals surface area contributed by atoms with Crippen LogP contribution in [0.5, 0.6) is 0 Å². The summed E-state index contributed by atoms with van der Waals surface area (Å²) in [4.78, 5) is 37.6. The van der Waals surface area contributed by atoms with E-state index >= 15 is 0 Å². The smallest absolute Gasteiger partial charge is 0.338 e. The van der Waals surface area contributed by atoms with Gasteiger partial charge >= 0.3 is 5.97 Å². The third-order valence-electron chi connectivity index (χ3n) is 5.46. The van der Waals surface area contributed by atoms with Crippen LogP contribution in [0.15, 0.2) is 53.4 Å². The summed E-state index contributed by atoms with van der Waals surface area (Å²) in [5.74, 6) is 0.190. The molecule has 0 spiro atoms. The standard InChI is InChI=1S/C25H30N2O4S/c1-2-31-25(30)19-12-14-20(15-13-19)27-24(29)21-10-6-7-11-22(21)32-17-23(28)26-16-18-8-4-3-5-9-18/h6-7,10-15,18H,2-5,8-9,16-17H2,1H3,(H,26,28)(H,27,29). The van der Waals surface area contributed by atoms with Crippen LogP contribution in [0, 0.1) is 5.92 Å². The molecule has 1 aliphatic carbocycles. The lowest BCUT2D eigenvalue weighted by molar-refractivity contribution is -0.118. The predicted molar refractivity (Wildman–Crippen MR) is 127 cm³/mol. The minimum atomic E-state index is -0.395. The Kier molecular flexibility index (Phi) is 9.16. The van der Waals surface area contributed by atoms with Crippen molar-refractivity contribution in [3.8, 4) is 0 Å². The molecular weight excluding hydrogens is 424 g/mol. The number of nitrogens with one attached hydrogen (secondary N) is 2. The van der Waals surface area contributed by atoms with Crippen LogP contribution in [0.25, 0.3) is 0 Å². The van der Waals surface area contributed by atoms with Crippen LogP contribution < -0.4 is 10.6 Å². The Balaban J connectivity index is 1.54. The monoisotopic (exact) mass is 454 g/mol. The van der Waals surface area contributed by atoms with Gasteiger partial charge in [0.2, 0.25) is 5.91 Å². The molecule has 0 radical (unpaired) electrons. The highest BCUT2D eigenvalue weighted by molar-refractivity contribution is 8.00. The summed E-state index contributed by atoms with van der Waals surface area (Å²) in [5, 5.41) is 5.88. The third-order valence-corrected chi connectivity index (χ3v) is 6.53. The normalized spacial score (nSPS) is 13.9. The van der Waals surface area contributed by atoms with Crippen molar-refractivity contribution in [2.24, 2.45) is 5.92 Å². The minimum absolute atomic E-state index is 0.00895. The maximum absolute atomic E-state index is 12.8. The van der Waals surface area contributed by atoms with Crippen molar-refractivity contribution in [1.29, 1.82) is 0 Å². The Morgan fingerprint density at radius 2 is 1.72 bits per heavy atom. The van der Waals surface area contributed by atoms with E-state index in [1.807, 2.05) is 12.1 Å². The van der Waals surface area contributed by atoms with E-state index in [-0.39, 0.29) is 17.6 Å². The van der Waals surface area contributed by atoms with Crippen LogP contribution in [-0.4, -0.2) is 36.7 Å². The second kappa shape index (κ2) is 12.3. The highest BCUT2D eigenvalue weighted by atomic mass is 32.2. The average molecular weight is 455 g/mol. The van der Waals surface area contributed by atoms with Crippen molar-refractivity contribution in [3.63, 3.8) is 0 Å². The molecule has 3 rings (SSSR count). The number of hydrogen-bond donors (Lipinski definition) is 2. The molecule has 1 saturated carbocycles. The van der Waals surface area contributed by atoms with Gasteiger partial charge in [0, 0.05) is 17.1 Å². The molecule has 2 aromatic rings. The number of thioether (sulfide) groups is 1. The number of carbonyl (C=O) groups excluding carboxylic acids is 3. The number of carbonyl (C=O) groups is 3. The minimum Gasteiger partial charge on any atom is -0.462 e. The molecule has 170 valence electrons. The summed E-state index contributed by atoms with van der Waals surface area (Å²) in [6.45, 7) is 2.80. The van der Waals surface area contributed by atoms with Crippen LogP contribution in [0.1, 0.15) is 59.7 Å². The van der Waals surface area contributed by atoms with Crippen molar-refractivity contribution >= 4 is 35.2 Å². The number of esters is 1. The van der Waals surface area contributed by atoms with E-state index in [4.69, 9.17) is 4.74 Å². The van der Waals surface area contributed by atoms with Crippen molar-refractivity contribution < 1.29 is 19.1 Å². The fourth-order valence-electron chi connectivity index (χ4n) is 3.73. The molecular formula is C25H30N2O4S. The quantitative estimate of drug-likeness (QED) is 0.416. The summed E-state index contributed by atoms with van der Waals surface area (Å²) < 4.78 is 4.97. The lowest BCUT2D eigenvalue weighted by Gasteiger charge is -2.21. The first-order valence-electron chi connectivity index (χ1n) is 11.1. The zero-order chi connectivity index (χ0) is 22.8. The van der Waals surface area contributed by atoms with Gasteiger partial charge in [0.05, 0.1) is 23.5 Å². The van der Waals surface area contributed by atoms with Crippen molar-refractivity contribution in [2.75, 3.05) is 24.2 Å². The van der Waals surface area contributed by atoms with Crippen LogP contribution in [0.3, 0.4) is 0 Å². The molecule has 7 heteroatoms. The van der Waals surface area contributed by atoms with Gasteiger partial charge in [-0.05, 0) is 62.1 Å². The lowest BCUT2D eigenvalue weighted by atomic mass is 9.89. The summed E-state index contributed by atoms with van der Waals surface area (Å²) in [5.41, 5.74) is 1.51. The van der Waals surface area contributed by atoms with E-state index in [9.17, 15) is 14.4 Å². The molecule has 2 N–H and O–H groups in total. The Bertz CT molecular complexity index is 924. The number of hydrogen-bond acceptors (Lipinski definition) is 5. The molecule has 0 atom stereocenters. The number of ether oxygens (including phenoxy) is 1. The maximum Gasteiger partial charge on any atom is 0.338 e. The average Bonchev–Trinajstić information content (AvgIpc) is 2.83. The first kappa shape index (κ1) is 23.9. The van der Waals surface area contributed by atoms with Crippen LogP contribution in [0.4, 0.5) is 5.69 Å². The summed E-state index contributed by atoms with van der Waals surface area (Å²) in [7, 11) is 0. The maximum atomic E-state index is 12.8. The summed E-state index contributed by atoms with van der Waals surface area (Å²) in [6, 6.07) is 13.8. The topological polar surface area (TPSA) is 84.5 Å². The number of anilines is 1. The fourth-order valence-corrected chi connectivity index (χ4v) is 4.61. The Morgan fingerprint density at radius 3 is 2.44 bits per heavy atom. The predicted octanol–water partition coefficient (Wildman–Crippen LogP) is 4.90. The van der Waals surface area contributed by atoms with Gasteiger partial charge in [-0.3, -0.25) is 9.59 Å². The third kappa shape index (κ3) is 7.12. The van der Waals surface area contributed by atoms with Crippen molar-refractivity contribution in [3.05, 3.63) is 59.7 Å². The van der Waals surface area contributed by atoms with E-state index in [0.717, 1.165) is 11.4 Å². The van der Waals surface area contributed by atoms with Gasteiger partial charge in [0.15, 0.2) is 0 Å². The molecule has 0 heterocycles. The summed E-state index contributed by atoms with van der Waals surface area (Å²) >= 11 is 1.36. The molecule has 1 aliphatic rings. The second-order valence-corrected chi connectivity index (χ2v) is 8.86. The van der Waals surface area contributed by atoms with E-state index in [1.165, 1.54) is 43.9 Å². The van der Waals surface area contributed by atoms with Gasteiger partial charge in [0.1, 0.15) is 0 Å². The first-order chi connectivity index (χ1) is 15.6. The van der Waals surface area contributed by atoms with Crippen LogP contribution in [0.2, 0.25) is 0 Å². The molecule has 32 heavy (non-hydrogen) atoms. The molecule has 2 amide bonds. The molecule has 0 aliphatic heterocycles. The number of benzene rings is 2. The van der Waals surface area contributed by atoms with E-state index in [2.05, 4.69) is 10.6 Å². The zero-order valence-corrected chi connectivity index (χ0v) is 19.2. The van der Waals surface area contributed by atoms with Gasteiger partial charge in [-0.2, -0.15) is 0 Å². The Morgan fingerprint density at radius 1 is 1.00 bits per heavy atom. The van der Waals surface area contributed by atoms with E-state index < -0.39 is 5.97 Å². The van der Waals surface area contributed by atoms with Gasteiger partial charge in [-0.25, -0.2) is 4.79 Å². The molecule has 0 bridgehead atoms. The second-order valence-electron chi connectivity index (χ2n) is 7.84. The lowest BCUT2D eigenvalue weighted by Crippen LogP contribution is -2.31. The first-order valence-corrected chi connectivity index (χ1v) is 12.1. The molecule has 6 nitrogen and oxygen atoms in total.